The third-order valence-corrected chi connectivity index (χ3v) is 5.54. The third kappa shape index (κ3) is 4.10. The van der Waals surface area contributed by atoms with Gasteiger partial charge in [0.2, 0.25) is 0 Å². The molecule has 0 spiro atoms. The van der Waals surface area contributed by atoms with Crippen LogP contribution in [0, 0.1) is 0 Å². The lowest BCUT2D eigenvalue weighted by molar-refractivity contribution is -0.0493. The van der Waals surface area contributed by atoms with Crippen molar-refractivity contribution in [2.45, 2.75) is 63.4 Å². The first kappa shape index (κ1) is 16.4. The van der Waals surface area contributed by atoms with E-state index in [1.54, 1.807) is 0 Å². The molecule has 1 aliphatic heterocycles. The minimum absolute atomic E-state index is 0.0168. The highest BCUT2D eigenvalue weighted by molar-refractivity contribution is 9.10. The van der Waals surface area contributed by atoms with Gasteiger partial charge in [-0.15, -0.1) is 0 Å². The summed E-state index contributed by atoms with van der Waals surface area (Å²) in [5.74, 6) is 0. The van der Waals surface area contributed by atoms with Crippen molar-refractivity contribution in [2.75, 3.05) is 13.1 Å². The van der Waals surface area contributed by atoms with Gasteiger partial charge in [0.05, 0.1) is 18.8 Å². The van der Waals surface area contributed by atoms with Crippen LogP contribution in [0.1, 0.15) is 44.1 Å². The SMILES string of the molecule is OC1C(OCc2ccc(Br)cc2)CCC1N1CCCCCC1. The normalized spacial score (nSPS) is 30.4. The Labute approximate surface area is 141 Å². The van der Waals surface area contributed by atoms with Crippen LogP contribution in [0.4, 0.5) is 0 Å². The lowest BCUT2D eigenvalue weighted by Crippen LogP contribution is -2.44. The van der Waals surface area contributed by atoms with Crippen LogP contribution < -0.4 is 0 Å². The zero-order chi connectivity index (χ0) is 15.4. The van der Waals surface area contributed by atoms with Crippen LogP contribution in [0.5, 0.6) is 0 Å². The molecule has 1 N–H and O–H groups in total. The van der Waals surface area contributed by atoms with Gasteiger partial charge < -0.3 is 9.84 Å². The fourth-order valence-electron chi connectivity index (χ4n) is 3.72. The number of halogens is 1. The number of nitrogens with zero attached hydrogens (tertiary/aromatic N) is 1. The van der Waals surface area contributed by atoms with Crippen LogP contribution >= 0.6 is 15.9 Å². The fourth-order valence-corrected chi connectivity index (χ4v) is 3.98. The van der Waals surface area contributed by atoms with E-state index >= 15 is 0 Å². The number of ether oxygens (including phenoxy) is 1. The Morgan fingerprint density at radius 1 is 1.05 bits per heavy atom. The van der Waals surface area contributed by atoms with E-state index in [-0.39, 0.29) is 12.2 Å². The minimum Gasteiger partial charge on any atom is -0.389 e. The minimum atomic E-state index is -0.339. The first-order valence-electron chi connectivity index (χ1n) is 8.52. The number of aliphatic hydroxyl groups is 1. The van der Waals surface area contributed by atoms with Crippen molar-refractivity contribution in [3.63, 3.8) is 0 Å². The van der Waals surface area contributed by atoms with E-state index in [4.69, 9.17) is 4.74 Å². The topological polar surface area (TPSA) is 32.7 Å². The Bertz CT molecular complexity index is 457. The van der Waals surface area contributed by atoms with Crippen molar-refractivity contribution >= 4 is 15.9 Å². The molecule has 0 aromatic heterocycles. The summed E-state index contributed by atoms with van der Waals surface area (Å²) in [6.45, 7) is 2.87. The van der Waals surface area contributed by atoms with E-state index in [1.807, 2.05) is 12.1 Å². The first-order valence-corrected chi connectivity index (χ1v) is 9.31. The molecule has 2 fully saturated rings. The van der Waals surface area contributed by atoms with Crippen molar-refractivity contribution in [2.24, 2.45) is 0 Å². The van der Waals surface area contributed by atoms with Crippen LogP contribution in [0.3, 0.4) is 0 Å². The summed E-state index contributed by atoms with van der Waals surface area (Å²) < 4.78 is 7.08. The third-order valence-electron chi connectivity index (χ3n) is 5.01. The van der Waals surface area contributed by atoms with Crippen LogP contribution in [-0.2, 0) is 11.3 Å². The standard InChI is InChI=1S/C18H26BrNO2/c19-15-7-5-14(6-8-15)13-22-17-10-9-16(18(17)21)20-11-3-1-2-4-12-20/h5-8,16-18,21H,1-4,9-13H2. The van der Waals surface area contributed by atoms with Gasteiger partial charge in [0.15, 0.2) is 0 Å². The van der Waals surface area contributed by atoms with E-state index in [0.29, 0.717) is 12.6 Å². The zero-order valence-electron chi connectivity index (χ0n) is 13.1. The predicted molar refractivity (Wildman–Crippen MR) is 91.8 cm³/mol. The number of aliphatic hydroxyl groups excluding tert-OH is 1. The molecule has 1 heterocycles. The second-order valence-corrected chi connectivity index (χ2v) is 7.48. The van der Waals surface area contributed by atoms with Gasteiger partial charge in [0.1, 0.15) is 0 Å². The molecule has 1 aliphatic carbocycles. The molecule has 0 bridgehead atoms. The van der Waals surface area contributed by atoms with E-state index in [1.165, 1.54) is 25.7 Å². The van der Waals surface area contributed by atoms with Crippen LogP contribution in [0.2, 0.25) is 0 Å². The van der Waals surface area contributed by atoms with Crippen molar-refractivity contribution in [1.82, 2.24) is 4.90 Å². The van der Waals surface area contributed by atoms with Crippen molar-refractivity contribution in [1.29, 1.82) is 0 Å². The lowest BCUT2D eigenvalue weighted by Gasteiger charge is -2.30. The summed E-state index contributed by atoms with van der Waals surface area (Å²) in [5.41, 5.74) is 1.16. The van der Waals surface area contributed by atoms with Crippen molar-refractivity contribution < 1.29 is 9.84 Å². The Hall–Kier alpha value is -0.420. The molecule has 1 aromatic rings. The van der Waals surface area contributed by atoms with Gasteiger partial charge in [-0.25, -0.2) is 0 Å². The van der Waals surface area contributed by atoms with Crippen LogP contribution in [-0.4, -0.2) is 41.3 Å². The molecule has 22 heavy (non-hydrogen) atoms. The molecule has 1 saturated heterocycles. The molecule has 1 aromatic carbocycles. The van der Waals surface area contributed by atoms with Gasteiger partial charge in [-0.2, -0.15) is 0 Å². The second kappa shape index (κ2) is 7.91. The molecule has 3 nitrogen and oxygen atoms in total. The lowest BCUT2D eigenvalue weighted by atomic mass is 10.1. The molecule has 3 atom stereocenters. The number of likely N-dealkylation sites (tertiary alicyclic amines) is 1. The van der Waals surface area contributed by atoms with Gasteiger partial charge in [0.25, 0.3) is 0 Å². The molecule has 3 rings (SSSR count). The average molecular weight is 368 g/mol. The molecular weight excluding hydrogens is 342 g/mol. The molecule has 122 valence electrons. The molecule has 2 aliphatic rings. The molecular formula is C18H26BrNO2. The average Bonchev–Trinajstić information content (AvgIpc) is 2.74. The number of rotatable bonds is 4. The summed E-state index contributed by atoms with van der Waals surface area (Å²) in [5, 5.41) is 10.6. The molecule has 4 heteroatoms. The Morgan fingerprint density at radius 3 is 2.41 bits per heavy atom. The highest BCUT2D eigenvalue weighted by atomic mass is 79.9. The predicted octanol–water partition coefficient (Wildman–Crippen LogP) is 3.73. The summed E-state index contributed by atoms with van der Waals surface area (Å²) in [6, 6.07) is 8.50. The summed E-state index contributed by atoms with van der Waals surface area (Å²) in [7, 11) is 0. The van der Waals surface area contributed by atoms with Crippen molar-refractivity contribution in [3.05, 3.63) is 34.3 Å². The van der Waals surface area contributed by atoms with Crippen LogP contribution in [0.25, 0.3) is 0 Å². The zero-order valence-corrected chi connectivity index (χ0v) is 14.7. The monoisotopic (exact) mass is 367 g/mol. The summed E-state index contributed by atoms with van der Waals surface area (Å²) >= 11 is 3.44. The Kier molecular flexibility index (Phi) is 5.91. The Balaban J connectivity index is 1.52. The van der Waals surface area contributed by atoms with Gasteiger partial charge in [-0.1, -0.05) is 40.9 Å². The summed E-state index contributed by atoms with van der Waals surface area (Å²) in [4.78, 5) is 2.50. The second-order valence-electron chi connectivity index (χ2n) is 6.56. The first-order chi connectivity index (χ1) is 10.7. The van der Waals surface area contributed by atoms with Gasteiger partial charge in [-0.3, -0.25) is 4.90 Å². The van der Waals surface area contributed by atoms with E-state index in [2.05, 4.69) is 33.0 Å². The number of benzene rings is 1. The number of hydrogen-bond acceptors (Lipinski definition) is 3. The van der Waals surface area contributed by atoms with E-state index < -0.39 is 0 Å². The molecule has 1 saturated carbocycles. The summed E-state index contributed by atoms with van der Waals surface area (Å²) in [6.07, 6.45) is 6.89. The molecule has 0 radical (unpaired) electrons. The highest BCUT2D eigenvalue weighted by Gasteiger charge is 2.38. The smallest absolute Gasteiger partial charge is 0.0956 e. The molecule has 0 amide bonds. The maximum atomic E-state index is 10.6. The fraction of sp³-hybridized carbons (Fsp3) is 0.667. The number of hydrogen-bond donors (Lipinski definition) is 1. The molecule has 3 unspecified atom stereocenters. The van der Waals surface area contributed by atoms with Gasteiger partial charge in [0, 0.05) is 10.5 Å². The quantitative estimate of drug-likeness (QED) is 0.879. The van der Waals surface area contributed by atoms with Crippen LogP contribution in [0.15, 0.2) is 28.7 Å². The maximum Gasteiger partial charge on any atom is 0.0956 e. The van der Waals surface area contributed by atoms with Gasteiger partial charge in [-0.05, 0) is 56.5 Å². The Morgan fingerprint density at radius 2 is 1.73 bits per heavy atom. The maximum absolute atomic E-state index is 10.6. The van der Waals surface area contributed by atoms with E-state index in [0.717, 1.165) is 36.0 Å². The van der Waals surface area contributed by atoms with Crippen molar-refractivity contribution in [3.8, 4) is 0 Å². The highest BCUT2D eigenvalue weighted by Crippen LogP contribution is 2.29. The van der Waals surface area contributed by atoms with E-state index in [9.17, 15) is 5.11 Å². The van der Waals surface area contributed by atoms with Gasteiger partial charge >= 0.3 is 0 Å². The largest absolute Gasteiger partial charge is 0.389 e.